The Morgan fingerprint density at radius 1 is 0.370 bits per heavy atom. The summed E-state index contributed by atoms with van der Waals surface area (Å²) < 4.78 is 6.79. The van der Waals surface area contributed by atoms with E-state index in [-0.39, 0.29) is 0 Å². The summed E-state index contributed by atoms with van der Waals surface area (Å²) in [6.45, 7) is 0. The fourth-order valence-corrected chi connectivity index (χ4v) is 7.00. The maximum atomic E-state index is 6.79. The fourth-order valence-electron chi connectivity index (χ4n) is 7.00. The minimum absolute atomic E-state index is 0.866. The summed E-state index contributed by atoms with van der Waals surface area (Å²) in [6, 6.07) is 62.6. The number of fused-ring (bicyclic) bond motifs is 6. The zero-order valence-electron chi connectivity index (χ0n) is 25.1. The lowest BCUT2D eigenvalue weighted by Crippen LogP contribution is -2.12. The quantitative estimate of drug-likeness (QED) is 0.199. The lowest BCUT2D eigenvalue weighted by Gasteiger charge is -2.29. The lowest BCUT2D eigenvalue weighted by molar-refractivity contribution is 0.672. The number of hydrogen-bond acceptors (Lipinski definition) is 2. The highest BCUT2D eigenvalue weighted by Gasteiger charge is 2.24. The van der Waals surface area contributed by atoms with E-state index in [1.165, 1.54) is 32.8 Å². The monoisotopic (exact) mass is 587 g/mol. The zero-order chi connectivity index (χ0) is 30.5. The lowest BCUT2D eigenvalue weighted by atomic mass is 9.94. The Morgan fingerprint density at radius 2 is 0.935 bits per heavy atom. The molecule has 0 aliphatic heterocycles. The molecule has 9 rings (SSSR count). The van der Waals surface area contributed by atoms with Crippen molar-refractivity contribution < 1.29 is 4.42 Å². The van der Waals surface area contributed by atoms with E-state index < -0.39 is 0 Å². The van der Waals surface area contributed by atoms with Crippen molar-refractivity contribution >= 4 is 60.5 Å². The third kappa shape index (κ3) is 4.19. The summed E-state index contributed by atoms with van der Waals surface area (Å²) in [5, 5.41) is 6.88. The van der Waals surface area contributed by atoms with Gasteiger partial charge in [-0.1, -0.05) is 146 Å². The van der Waals surface area contributed by atoms with Gasteiger partial charge in [0.15, 0.2) is 0 Å². The maximum Gasteiger partial charge on any atom is 0.143 e. The van der Waals surface area contributed by atoms with Gasteiger partial charge in [-0.2, -0.15) is 0 Å². The van der Waals surface area contributed by atoms with Gasteiger partial charge in [-0.3, -0.25) is 0 Å². The molecule has 1 aromatic heterocycles. The van der Waals surface area contributed by atoms with Crippen LogP contribution < -0.4 is 4.90 Å². The van der Waals surface area contributed by atoms with Crippen molar-refractivity contribution in [1.82, 2.24) is 0 Å². The van der Waals surface area contributed by atoms with E-state index in [1.54, 1.807) is 0 Å². The molecule has 0 spiro atoms. The van der Waals surface area contributed by atoms with Crippen LogP contribution in [0.25, 0.3) is 65.7 Å². The Morgan fingerprint density at radius 3 is 1.74 bits per heavy atom. The van der Waals surface area contributed by atoms with Gasteiger partial charge in [-0.25, -0.2) is 0 Å². The van der Waals surface area contributed by atoms with E-state index in [0.29, 0.717) is 0 Å². The summed E-state index contributed by atoms with van der Waals surface area (Å²) in [5.41, 5.74) is 9.79. The van der Waals surface area contributed by atoms with Crippen molar-refractivity contribution in [2.24, 2.45) is 0 Å². The van der Waals surface area contributed by atoms with Crippen LogP contribution in [0.3, 0.4) is 0 Å². The molecular formula is C44H29NO. The zero-order valence-corrected chi connectivity index (χ0v) is 25.1. The van der Waals surface area contributed by atoms with Crippen LogP contribution in [-0.2, 0) is 0 Å². The van der Waals surface area contributed by atoms with Gasteiger partial charge in [-0.15, -0.1) is 0 Å². The van der Waals surface area contributed by atoms with Gasteiger partial charge in [0.2, 0.25) is 0 Å². The molecule has 0 saturated heterocycles. The van der Waals surface area contributed by atoms with Crippen LogP contribution in [0.1, 0.15) is 0 Å². The Labute approximate surface area is 267 Å². The molecule has 0 fully saturated rings. The van der Waals surface area contributed by atoms with Gasteiger partial charge in [-0.05, 0) is 57.8 Å². The fraction of sp³-hybridized carbons (Fsp3) is 0. The average molecular weight is 588 g/mol. The first-order valence-corrected chi connectivity index (χ1v) is 15.7. The molecule has 0 aliphatic rings. The third-order valence-corrected chi connectivity index (χ3v) is 9.04. The molecule has 2 heteroatoms. The minimum atomic E-state index is 0.866. The van der Waals surface area contributed by atoms with Gasteiger partial charge in [0.1, 0.15) is 11.2 Å². The number of furan rings is 1. The highest BCUT2D eigenvalue weighted by Crippen LogP contribution is 2.49. The molecule has 216 valence electrons. The van der Waals surface area contributed by atoms with E-state index in [0.717, 1.165) is 50.0 Å². The van der Waals surface area contributed by atoms with Crippen LogP contribution in [0.5, 0.6) is 0 Å². The summed E-state index contributed by atoms with van der Waals surface area (Å²) in [5.74, 6) is 0. The molecule has 0 atom stereocenters. The second-order valence-corrected chi connectivity index (χ2v) is 11.7. The van der Waals surface area contributed by atoms with Crippen LogP contribution in [0.4, 0.5) is 17.1 Å². The summed E-state index contributed by atoms with van der Waals surface area (Å²) in [7, 11) is 0. The largest absolute Gasteiger partial charge is 0.455 e. The Kier molecular flexibility index (Phi) is 6.17. The first-order valence-electron chi connectivity index (χ1n) is 15.7. The Balaban J connectivity index is 1.42. The van der Waals surface area contributed by atoms with E-state index in [1.807, 2.05) is 0 Å². The third-order valence-electron chi connectivity index (χ3n) is 9.04. The summed E-state index contributed by atoms with van der Waals surface area (Å²) in [4.78, 5) is 2.43. The predicted molar refractivity (Wildman–Crippen MR) is 194 cm³/mol. The maximum absolute atomic E-state index is 6.79. The van der Waals surface area contributed by atoms with Gasteiger partial charge in [0.25, 0.3) is 0 Å². The SMILES string of the molecule is c1ccc(-c2ccccc2N(c2cccc3ccccc23)c2cccc3oc4c5ccccc5c(-c5ccccc5)cc4c23)cc1. The standard InChI is InChI=1S/C44H29NO/c1-3-15-30(16-4-1)33-22-11-12-25-39(33)45(40-26-13-20-31-19-7-8-21-34(31)40)41-27-14-28-42-43(41)38-29-37(32-17-5-2-6-18-32)35-23-9-10-24-36(35)44(38)46-42/h1-29H. The Bertz CT molecular complexity index is 2520. The van der Waals surface area contributed by atoms with Crippen molar-refractivity contribution in [3.63, 3.8) is 0 Å². The molecule has 1 heterocycles. The van der Waals surface area contributed by atoms with Crippen molar-refractivity contribution in [2.45, 2.75) is 0 Å². The number of hydrogen-bond donors (Lipinski definition) is 0. The average Bonchev–Trinajstić information content (AvgIpc) is 3.52. The minimum Gasteiger partial charge on any atom is -0.455 e. The van der Waals surface area contributed by atoms with E-state index in [2.05, 4.69) is 181 Å². The Hall–Kier alpha value is -6.12. The second-order valence-electron chi connectivity index (χ2n) is 11.7. The van der Waals surface area contributed by atoms with Crippen molar-refractivity contribution in [3.8, 4) is 22.3 Å². The summed E-state index contributed by atoms with van der Waals surface area (Å²) >= 11 is 0. The highest BCUT2D eigenvalue weighted by atomic mass is 16.3. The van der Waals surface area contributed by atoms with Crippen LogP contribution in [-0.4, -0.2) is 0 Å². The van der Waals surface area contributed by atoms with Gasteiger partial charge < -0.3 is 9.32 Å². The second kappa shape index (κ2) is 10.8. The molecule has 0 unspecified atom stereocenters. The molecule has 0 aliphatic carbocycles. The number of benzene rings is 8. The van der Waals surface area contributed by atoms with Crippen LogP contribution in [0.15, 0.2) is 180 Å². The molecule has 0 saturated carbocycles. The van der Waals surface area contributed by atoms with Crippen LogP contribution >= 0.6 is 0 Å². The van der Waals surface area contributed by atoms with E-state index in [9.17, 15) is 0 Å². The van der Waals surface area contributed by atoms with E-state index >= 15 is 0 Å². The summed E-state index contributed by atoms with van der Waals surface area (Å²) in [6.07, 6.45) is 0. The molecule has 2 nitrogen and oxygen atoms in total. The predicted octanol–water partition coefficient (Wildman–Crippen LogP) is 12.7. The molecule has 46 heavy (non-hydrogen) atoms. The smallest absolute Gasteiger partial charge is 0.143 e. The molecule has 8 aromatic carbocycles. The molecule has 0 amide bonds. The number of nitrogens with zero attached hydrogens (tertiary/aromatic N) is 1. The van der Waals surface area contributed by atoms with Crippen LogP contribution in [0, 0.1) is 0 Å². The molecule has 0 radical (unpaired) electrons. The highest BCUT2D eigenvalue weighted by molar-refractivity contribution is 6.23. The first kappa shape index (κ1) is 26.3. The topological polar surface area (TPSA) is 16.4 Å². The molecule has 0 N–H and O–H groups in total. The molecule has 9 aromatic rings. The first-order chi connectivity index (χ1) is 22.8. The molecular weight excluding hydrogens is 558 g/mol. The van der Waals surface area contributed by atoms with Crippen molar-refractivity contribution in [1.29, 1.82) is 0 Å². The van der Waals surface area contributed by atoms with Gasteiger partial charge >= 0.3 is 0 Å². The molecule has 0 bridgehead atoms. The number of anilines is 3. The number of rotatable bonds is 5. The van der Waals surface area contributed by atoms with Crippen LogP contribution in [0.2, 0.25) is 0 Å². The van der Waals surface area contributed by atoms with Crippen molar-refractivity contribution in [2.75, 3.05) is 4.90 Å². The van der Waals surface area contributed by atoms with E-state index in [4.69, 9.17) is 4.42 Å². The number of para-hydroxylation sites is 1. The van der Waals surface area contributed by atoms with Gasteiger partial charge in [0, 0.05) is 21.7 Å². The van der Waals surface area contributed by atoms with Crippen molar-refractivity contribution in [3.05, 3.63) is 176 Å². The normalized spacial score (nSPS) is 11.5. The van der Waals surface area contributed by atoms with Gasteiger partial charge in [0.05, 0.1) is 22.4 Å².